The van der Waals surface area contributed by atoms with Crippen LogP contribution in [0.2, 0.25) is 0 Å². The van der Waals surface area contributed by atoms with Crippen LogP contribution < -0.4 is 5.32 Å². The summed E-state index contributed by atoms with van der Waals surface area (Å²) < 4.78 is 3.73. The van der Waals surface area contributed by atoms with Gasteiger partial charge in [-0.25, -0.2) is 14.6 Å². The van der Waals surface area contributed by atoms with Gasteiger partial charge in [0.2, 0.25) is 0 Å². The Morgan fingerprint density at radius 2 is 2.16 bits per heavy atom. The van der Waals surface area contributed by atoms with Gasteiger partial charge < -0.3 is 9.88 Å². The van der Waals surface area contributed by atoms with Gasteiger partial charge in [-0.1, -0.05) is 12.1 Å². The third-order valence-electron chi connectivity index (χ3n) is 2.93. The number of hydrogen-bond donors (Lipinski definition) is 1. The maximum Gasteiger partial charge on any atom is 0.138 e. The molecule has 0 radical (unpaired) electrons. The first-order valence-corrected chi connectivity index (χ1v) is 5.99. The molecule has 0 amide bonds. The number of rotatable bonds is 4. The molecule has 1 N–H and O–H groups in total. The van der Waals surface area contributed by atoms with E-state index in [9.17, 15) is 0 Å². The Labute approximate surface area is 110 Å². The molecule has 0 atom stereocenters. The van der Waals surface area contributed by atoms with Crippen molar-refractivity contribution in [3.8, 4) is 5.69 Å². The van der Waals surface area contributed by atoms with Crippen molar-refractivity contribution in [1.82, 2.24) is 24.3 Å². The van der Waals surface area contributed by atoms with E-state index in [1.807, 2.05) is 42.1 Å². The zero-order valence-electron chi connectivity index (χ0n) is 10.6. The van der Waals surface area contributed by atoms with Gasteiger partial charge in [-0.15, -0.1) is 0 Å². The molecular formula is C13H14N6. The lowest BCUT2D eigenvalue weighted by atomic mass is 10.2. The van der Waals surface area contributed by atoms with Crippen LogP contribution in [0.5, 0.6) is 0 Å². The predicted molar refractivity (Wildman–Crippen MR) is 71.9 cm³/mol. The first-order valence-electron chi connectivity index (χ1n) is 5.99. The number of imidazole rings is 1. The van der Waals surface area contributed by atoms with E-state index in [1.165, 1.54) is 6.33 Å². The summed E-state index contributed by atoms with van der Waals surface area (Å²) in [6.07, 6.45) is 6.93. The first-order chi connectivity index (χ1) is 9.34. The Kier molecular flexibility index (Phi) is 2.97. The Morgan fingerprint density at radius 3 is 2.89 bits per heavy atom. The van der Waals surface area contributed by atoms with Crippen molar-refractivity contribution in [2.24, 2.45) is 7.05 Å². The van der Waals surface area contributed by atoms with Crippen molar-refractivity contribution in [3.05, 3.63) is 55.1 Å². The van der Waals surface area contributed by atoms with Crippen LogP contribution in [0.1, 0.15) is 5.82 Å². The number of nitrogens with zero attached hydrogens (tertiary/aromatic N) is 5. The third kappa shape index (κ3) is 2.33. The maximum absolute atomic E-state index is 4.29. The fourth-order valence-corrected chi connectivity index (χ4v) is 1.90. The quantitative estimate of drug-likeness (QED) is 0.768. The van der Waals surface area contributed by atoms with Crippen molar-refractivity contribution >= 4 is 5.69 Å². The van der Waals surface area contributed by atoms with Crippen LogP contribution in [0.3, 0.4) is 0 Å². The number of benzene rings is 1. The SMILES string of the molecule is Cn1ccnc1CNc1ccccc1-n1cncn1. The summed E-state index contributed by atoms with van der Waals surface area (Å²) in [4.78, 5) is 8.26. The zero-order valence-corrected chi connectivity index (χ0v) is 10.6. The first kappa shape index (κ1) is 11.5. The highest BCUT2D eigenvalue weighted by Gasteiger charge is 2.05. The molecule has 0 bridgehead atoms. The van der Waals surface area contributed by atoms with Gasteiger partial charge in [-0.05, 0) is 12.1 Å². The Balaban J connectivity index is 1.84. The van der Waals surface area contributed by atoms with Crippen LogP contribution in [0, 0.1) is 0 Å². The highest BCUT2D eigenvalue weighted by atomic mass is 15.3. The largest absolute Gasteiger partial charge is 0.376 e. The number of nitrogens with one attached hydrogen (secondary N) is 1. The molecule has 0 saturated carbocycles. The van der Waals surface area contributed by atoms with Gasteiger partial charge in [-0.2, -0.15) is 5.10 Å². The molecule has 0 aliphatic carbocycles. The average Bonchev–Trinajstić information content (AvgIpc) is 3.08. The number of aryl methyl sites for hydroxylation is 1. The molecule has 0 saturated heterocycles. The summed E-state index contributed by atoms with van der Waals surface area (Å²) in [5.41, 5.74) is 1.96. The lowest BCUT2D eigenvalue weighted by Crippen LogP contribution is -2.08. The number of para-hydroxylation sites is 2. The van der Waals surface area contributed by atoms with Gasteiger partial charge in [0.15, 0.2) is 0 Å². The fraction of sp³-hybridized carbons (Fsp3) is 0.154. The highest BCUT2D eigenvalue weighted by Crippen LogP contribution is 2.19. The van der Waals surface area contributed by atoms with E-state index in [1.54, 1.807) is 17.2 Å². The smallest absolute Gasteiger partial charge is 0.138 e. The van der Waals surface area contributed by atoms with Crippen molar-refractivity contribution < 1.29 is 0 Å². The Hall–Kier alpha value is -2.63. The number of aromatic nitrogens is 5. The van der Waals surface area contributed by atoms with Crippen molar-refractivity contribution in [2.45, 2.75) is 6.54 Å². The van der Waals surface area contributed by atoms with E-state index >= 15 is 0 Å². The fourth-order valence-electron chi connectivity index (χ4n) is 1.90. The van der Waals surface area contributed by atoms with Crippen LogP contribution in [0.4, 0.5) is 5.69 Å². The second kappa shape index (κ2) is 4.93. The zero-order chi connectivity index (χ0) is 13.1. The lowest BCUT2D eigenvalue weighted by Gasteiger charge is -2.11. The normalized spacial score (nSPS) is 10.6. The third-order valence-corrected chi connectivity index (χ3v) is 2.93. The van der Waals surface area contributed by atoms with E-state index in [0.29, 0.717) is 6.54 Å². The summed E-state index contributed by atoms with van der Waals surface area (Å²) in [5, 5.41) is 7.53. The van der Waals surface area contributed by atoms with Crippen LogP contribution in [0.25, 0.3) is 5.69 Å². The van der Waals surface area contributed by atoms with Gasteiger partial charge in [0.05, 0.1) is 17.9 Å². The predicted octanol–water partition coefficient (Wildman–Crippen LogP) is 1.61. The molecule has 0 fully saturated rings. The average molecular weight is 254 g/mol. The minimum absolute atomic E-state index is 0.662. The van der Waals surface area contributed by atoms with E-state index < -0.39 is 0 Å². The minimum atomic E-state index is 0.662. The minimum Gasteiger partial charge on any atom is -0.376 e. The molecule has 1 aromatic carbocycles. The Bertz CT molecular complexity index is 655. The molecule has 3 rings (SSSR count). The summed E-state index contributed by atoms with van der Waals surface area (Å²) >= 11 is 0. The molecule has 0 spiro atoms. The van der Waals surface area contributed by atoms with Crippen LogP contribution in [-0.2, 0) is 13.6 Å². The molecule has 19 heavy (non-hydrogen) atoms. The molecule has 0 aliphatic rings. The van der Waals surface area contributed by atoms with Crippen LogP contribution in [0.15, 0.2) is 49.3 Å². The molecule has 6 heteroatoms. The summed E-state index contributed by atoms with van der Waals surface area (Å²) in [7, 11) is 1.98. The summed E-state index contributed by atoms with van der Waals surface area (Å²) in [6.45, 7) is 0.662. The monoisotopic (exact) mass is 254 g/mol. The molecule has 2 heterocycles. The number of hydrogen-bond acceptors (Lipinski definition) is 4. The second-order valence-corrected chi connectivity index (χ2v) is 4.17. The maximum atomic E-state index is 4.29. The van der Waals surface area contributed by atoms with Crippen molar-refractivity contribution in [2.75, 3.05) is 5.32 Å². The highest BCUT2D eigenvalue weighted by molar-refractivity contribution is 5.60. The Morgan fingerprint density at radius 1 is 1.26 bits per heavy atom. The van der Waals surface area contributed by atoms with Crippen molar-refractivity contribution in [3.63, 3.8) is 0 Å². The van der Waals surface area contributed by atoms with Gasteiger partial charge in [0.1, 0.15) is 18.5 Å². The van der Waals surface area contributed by atoms with Crippen LogP contribution >= 0.6 is 0 Å². The van der Waals surface area contributed by atoms with Gasteiger partial charge in [-0.3, -0.25) is 0 Å². The molecule has 0 unspecified atom stereocenters. The van der Waals surface area contributed by atoms with E-state index in [2.05, 4.69) is 20.4 Å². The van der Waals surface area contributed by atoms with E-state index in [4.69, 9.17) is 0 Å². The lowest BCUT2D eigenvalue weighted by molar-refractivity contribution is 0.810. The summed E-state index contributed by atoms with van der Waals surface area (Å²) in [5.74, 6) is 0.980. The summed E-state index contributed by atoms with van der Waals surface area (Å²) in [6, 6.07) is 7.97. The second-order valence-electron chi connectivity index (χ2n) is 4.17. The molecule has 2 aromatic heterocycles. The van der Waals surface area contributed by atoms with Gasteiger partial charge in [0, 0.05) is 19.4 Å². The molecule has 96 valence electrons. The molecule has 3 aromatic rings. The van der Waals surface area contributed by atoms with Crippen molar-refractivity contribution in [1.29, 1.82) is 0 Å². The standard InChI is InChI=1S/C13H14N6/c1-18-7-6-15-13(18)8-16-11-4-2-3-5-12(11)19-10-14-9-17-19/h2-7,9-10,16H,8H2,1H3. The van der Waals surface area contributed by atoms with E-state index in [-0.39, 0.29) is 0 Å². The van der Waals surface area contributed by atoms with Gasteiger partial charge in [0.25, 0.3) is 0 Å². The van der Waals surface area contributed by atoms with Gasteiger partial charge >= 0.3 is 0 Å². The topological polar surface area (TPSA) is 60.6 Å². The molecule has 6 nitrogen and oxygen atoms in total. The molecular weight excluding hydrogens is 240 g/mol. The number of anilines is 1. The molecule has 0 aliphatic heterocycles. The van der Waals surface area contributed by atoms with E-state index in [0.717, 1.165) is 17.2 Å². The van der Waals surface area contributed by atoms with Crippen LogP contribution in [-0.4, -0.2) is 24.3 Å².